The third-order valence-corrected chi connectivity index (χ3v) is 3.90. The number of carbonyl (C=O) groups excluding carboxylic acids is 2. The minimum atomic E-state index is -0.242. The van der Waals surface area contributed by atoms with Crippen LogP contribution in [0.4, 0.5) is 11.4 Å². The number of aliphatic imine (C=N–C) groups is 1. The Labute approximate surface area is 129 Å². The maximum atomic E-state index is 12.5. The number of anilines is 1. The Bertz CT molecular complexity index is 772. The van der Waals surface area contributed by atoms with Gasteiger partial charge in [-0.15, -0.1) is 0 Å². The van der Waals surface area contributed by atoms with E-state index in [0.717, 1.165) is 5.70 Å². The summed E-state index contributed by atoms with van der Waals surface area (Å²) in [7, 11) is 0. The van der Waals surface area contributed by atoms with Gasteiger partial charge in [-0.25, -0.2) is 4.99 Å². The number of hydrogen-bond acceptors (Lipinski definition) is 4. The summed E-state index contributed by atoms with van der Waals surface area (Å²) in [4.78, 5) is 30.9. The number of allylic oxidation sites excluding steroid dienone is 3. The number of amidine groups is 1. The molecule has 0 fully saturated rings. The summed E-state index contributed by atoms with van der Waals surface area (Å²) in [6, 6.07) is 7.41. The van der Waals surface area contributed by atoms with E-state index < -0.39 is 0 Å². The van der Waals surface area contributed by atoms with Crippen LogP contribution in [-0.2, 0) is 9.59 Å². The molecule has 5 nitrogen and oxygen atoms in total. The standard InChI is InChI=1S/C17H17N3O2/c1-4-20-10(2)12(11(3)21)9-13-16(20)18-14-7-5-6-8-15(14)19-17(13)22/h5-9H,4H2,1-3H3,(H,19,22). The van der Waals surface area contributed by atoms with Crippen LogP contribution in [0, 0.1) is 0 Å². The van der Waals surface area contributed by atoms with Crippen molar-refractivity contribution >= 4 is 28.9 Å². The van der Waals surface area contributed by atoms with Crippen molar-refractivity contribution in [1.82, 2.24) is 4.90 Å². The predicted molar refractivity (Wildman–Crippen MR) is 86.0 cm³/mol. The van der Waals surface area contributed by atoms with Crippen molar-refractivity contribution in [3.8, 4) is 0 Å². The van der Waals surface area contributed by atoms with Gasteiger partial charge >= 0.3 is 0 Å². The Kier molecular flexibility index (Phi) is 3.41. The molecule has 0 atom stereocenters. The largest absolute Gasteiger partial charge is 0.329 e. The number of likely N-dealkylation sites (N-methyl/N-ethyl adjacent to an activating group) is 1. The van der Waals surface area contributed by atoms with Crippen LogP contribution in [0.25, 0.3) is 0 Å². The normalized spacial score (nSPS) is 17.0. The van der Waals surface area contributed by atoms with Gasteiger partial charge in [-0.3, -0.25) is 9.59 Å². The Morgan fingerprint density at radius 1 is 1.32 bits per heavy atom. The van der Waals surface area contributed by atoms with Crippen LogP contribution >= 0.6 is 0 Å². The highest BCUT2D eigenvalue weighted by Crippen LogP contribution is 2.33. The molecule has 0 radical (unpaired) electrons. The summed E-state index contributed by atoms with van der Waals surface area (Å²) in [6.45, 7) is 6.00. The average molecular weight is 295 g/mol. The van der Waals surface area contributed by atoms with E-state index >= 15 is 0 Å². The summed E-state index contributed by atoms with van der Waals surface area (Å²) in [5.41, 5.74) is 3.19. The van der Waals surface area contributed by atoms with Crippen LogP contribution in [0.2, 0.25) is 0 Å². The SMILES string of the molecule is CCN1C2=Nc3ccccc3NC(=O)C2=CC(C(C)=O)=C1C. The Balaban J connectivity index is 2.23. The number of fused-ring (bicyclic) bond motifs is 2. The van der Waals surface area contributed by atoms with Crippen LogP contribution in [0.3, 0.4) is 0 Å². The van der Waals surface area contributed by atoms with Crippen LogP contribution < -0.4 is 5.32 Å². The van der Waals surface area contributed by atoms with Crippen LogP contribution in [0.5, 0.6) is 0 Å². The van der Waals surface area contributed by atoms with Gasteiger partial charge in [0.05, 0.1) is 16.9 Å². The van der Waals surface area contributed by atoms with E-state index in [4.69, 9.17) is 0 Å². The summed E-state index contributed by atoms with van der Waals surface area (Å²) in [6.07, 6.45) is 1.64. The van der Waals surface area contributed by atoms with Gasteiger partial charge in [-0.2, -0.15) is 0 Å². The highest BCUT2D eigenvalue weighted by molar-refractivity contribution is 6.29. The number of rotatable bonds is 2. The van der Waals surface area contributed by atoms with Gasteiger partial charge in [0.15, 0.2) is 5.78 Å². The summed E-state index contributed by atoms with van der Waals surface area (Å²) >= 11 is 0. The molecule has 2 aliphatic heterocycles. The van der Waals surface area contributed by atoms with E-state index in [9.17, 15) is 9.59 Å². The van der Waals surface area contributed by atoms with Crippen molar-refractivity contribution in [1.29, 1.82) is 0 Å². The van der Waals surface area contributed by atoms with E-state index in [1.807, 2.05) is 43.0 Å². The van der Waals surface area contributed by atoms with Crippen molar-refractivity contribution in [2.75, 3.05) is 11.9 Å². The fourth-order valence-electron chi connectivity index (χ4n) is 2.77. The minimum absolute atomic E-state index is 0.0583. The van der Waals surface area contributed by atoms with E-state index in [1.54, 1.807) is 6.08 Å². The number of benzene rings is 1. The first-order valence-corrected chi connectivity index (χ1v) is 7.23. The zero-order valence-corrected chi connectivity index (χ0v) is 12.8. The van der Waals surface area contributed by atoms with Crippen molar-refractivity contribution in [2.24, 2.45) is 4.99 Å². The molecule has 2 aliphatic rings. The first-order valence-electron chi connectivity index (χ1n) is 7.23. The molecule has 0 saturated carbocycles. The van der Waals surface area contributed by atoms with Crippen molar-refractivity contribution in [3.63, 3.8) is 0 Å². The Morgan fingerprint density at radius 3 is 2.73 bits per heavy atom. The minimum Gasteiger partial charge on any atom is -0.329 e. The molecule has 1 N–H and O–H groups in total. The third-order valence-electron chi connectivity index (χ3n) is 3.90. The number of para-hydroxylation sites is 2. The number of ketones is 1. The lowest BCUT2D eigenvalue weighted by molar-refractivity contribution is -0.113. The first-order chi connectivity index (χ1) is 10.5. The van der Waals surface area contributed by atoms with Gasteiger partial charge in [0.1, 0.15) is 5.84 Å². The van der Waals surface area contributed by atoms with Crippen molar-refractivity contribution in [2.45, 2.75) is 20.8 Å². The Hall–Kier alpha value is -2.69. The molecule has 0 spiro atoms. The van der Waals surface area contributed by atoms with Crippen LogP contribution in [-0.4, -0.2) is 29.0 Å². The second kappa shape index (κ2) is 5.26. The Morgan fingerprint density at radius 2 is 2.05 bits per heavy atom. The lowest BCUT2D eigenvalue weighted by atomic mass is 9.99. The molecular formula is C17H17N3O2. The lowest BCUT2D eigenvalue weighted by Crippen LogP contribution is -2.37. The van der Waals surface area contributed by atoms with E-state index in [2.05, 4.69) is 10.3 Å². The molecular weight excluding hydrogens is 278 g/mol. The van der Waals surface area contributed by atoms with E-state index in [-0.39, 0.29) is 11.7 Å². The maximum absolute atomic E-state index is 12.5. The highest BCUT2D eigenvalue weighted by Gasteiger charge is 2.31. The molecule has 0 unspecified atom stereocenters. The molecule has 0 aromatic heterocycles. The number of Topliss-reactive ketones (excluding diaryl/α,β-unsaturated/α-hetero) is 1. The van der Waals surface area contributed by atoms with Gasteiger partial charge in [0.2, 0.25) is 0 Å². The number of carbonyl (C=O) groups is 2. The van der Waals surface area contributed by atoms with Gasteiger partial charge < -0.3 is 10.2 Å². The average Bonchev–Trinajstić information content (AvgIpc) is 2.62. The quantitative estimate of drug-likeness (QED) is 0.912. The number of hydrogen-bond donors (Lipinski definition) is 1. The van der Waals surface area contributed by atoms with Gasteiger partial charge in [0.25, 0.3) is 5.91 Å². The molecule has 2 heterocycles. The molecule has 0 aliphatic carbocycles. The van der Waals surface area contributed by atoms with E-state index in [0.29, 0.717) is 34.9 Å². The first kappa shape index (κ1) is 14.3. The summed E-state index contributed by atoms with van der Waals surface area (Å²) in [5, 5.41) is 2.86. The summed E-state index contributed by atoms with van der Waals surface area (Å²) < 4.78 is 0. The number of nitrogens with zero attached hydrogens (tertiary/aromatic N) is 2. The number of amides is 1. The van der Waals surface area contributed by atoms with Gasteiger partial charge in [-0.05, 0) is 39.0 Å². The molecule has 22 heavy (non-hydrogen) atoms. The third kappa shape index (κ3) is 2.15. The van der Waals surface area contributed by atoms with E-state index in [1.165, 1.54) is 6.92 Å². The highest BCUT2D eigenvalue weighted by atomic mass is 16.2. The topological polar surface area (TPSA) is 61.8 Å². The maximum Gasteiger partial charge on any atom is 0.259 e. The smallest absolute Gasteiger partial charge is 0.259 e. The molecule has 3 rings (SSSR count). The molecule has 1 aromatic carbocycles. The molecule has 1 amide bonds. The second-order valence-electron chi connectivity index (χ2n) is 5.26. The zero-order valence-electron chi connectivity index (χ0n) is 12.8. The second-order valence-corrected chi connectivity index (χ2v) is 5.26. The molecule has 5 heteroatoms. The summed E-state index contributed by atoms with van der Waals surface area (Å²) in [5.74, 6) is 0.290. The monoisotopic (exact) mass is 295 g/mol. The predicted octanol–water partition coefficient (Wildman–Crippen LogP) is 2.79. The van der Waals surface area contributed by atoms with Crippen molar-refractivity contribution in [3.05, 3.63) is 47.2 Å². The number of nitrogens with one attached hydrogen (secondary N) is 1. The fraction of sp³-hybridized carbons (Fsp3) is 0.235. The van der Waals surface area contributed by atoms with Crippen LogP contribution in [0.15, 0.2) is 52.2 Å². The molecule has 0 bridgehead atoms. The zero-order chi connectivity index (χ0) is 15.9. The molecule has 0 saturated heterocycles. The molecule has 112 valence electrons. The fourth-order valence-corrected chi connectivity index (χ4v) is 2.77. The van der Waals surface area contributed by atoms with Crippen molar-refractivity contribution < 1.29 is 9.59 Å². The molecule has 1 aromatic rings. The van der Waals surface area contributed by atoms with Gasteiger partial charge in [-0.1, -0.05) is 12.1 Å². The van der Waals surface area contributed by atoms with Crippen LogP contribution in [0.1, 0.15) is 20.8 Å². The van der Waals surface area contributed by atoms with Gasteiger partial charge in [0, 0.05) is 17.8 Å². The lowest BCUT2D eigenvalue weighted by Gasteiger charge is -2.30.